The van der Waals surface area contributed by atoms with Crippen molar-refractivity contribution in [1.29, 1.82) is 0 Å². The molecule has 3 heteroatoms. The molecule has 3 atom stereocenters. The van der Waals surface area contributed by atoms with Gasteiger partial charge in [-0.2, -0.15) is 0 Å². The van der Waals surface area contributed by atoms with Crippen LogP contribution in [0.3, 0.4) is 0 Å². The summed E-state index contributed by atoms with van der Waals surface area (Å²) < 4.78 is 0. The lowest BCUT2D eigenvalue weighted by Crippen LogP contribution is -2.48. The quantitative estimate of drug-likeness (QED) is 0.724. The van der Waals surface area contributed by atoms with Crippen molar-refractivity contribution >= 4 is 5.91 Å². The van der Waals surface area contributed by atoms with Gasteiger partial charge in [0.05, 0.1) is 6.04 Å². The minimum atomic E-state index is 0.0825. The molecule has 1 saturated carbocycles. The van der Waals surface area contributed by atoms with Gasteiger partial charge >= 0.3 is 0 Å². The summed E-state index contributed by atoms with van der Waals surface area (Å²) >= 11 is 0. The lowest BCUT2D eigenvalue weighted by molar-refractivity contribution is -0.124. The van der Waals surface area contributed by atoms with Crippen LogP contribution < -0.4 is 10.6 Å². The van der Waals surface area contributed by atoms with E-state index in [-0.39, 0.29) is 11.9 Å². The molecule has 2 aliphatic rings. The Kier molecular flexibility index (Phi) is 3.62. The van der Waals surface area contributed by atoms with E-state index < -0.39 is 0 Å². The van der Waals surface area contributed by atoms with Crippen molar-refractivity contribution in [3.8, 4) is 0 Å². The molecule has 3 unspecified atom stereocenters. The number of carbonyl (C=O) groups is 1. The Morgan fingerprint density at radius 1 is 1.20 bits per heavy atom. The number of rotatable bonds is 2. The Bertz CT molecular complexity index is 224. The number of amides is 1. The molecule has 3 nitrogen and oxygen atoms in total. The van der Waals surface area contributed by atoms with Crippen LogP contribution in [0.5, 0.6) is 0 Å². The van der Waals surface area contributed by atoms with Gasteiger partial charge in [-0.1, -0.05) is 19.8 Å². The van der Waals surface area contributed by atoms with Crippen LogP contribution in [0.15, 0.2) is 0 Å². The number of hydrogen-bond donors (Lipinski definition) is 2. The molecular formula is C12H22N2O. The molecule has 1 aliphatic heterocycles. The lowest BCUT2D eigenvalue weighted by Gasteiger charge is -2.30. The van der Waals surface area contributed by atoms with E-state index in [1.54, 1.807) is 0 Å². The Labute approximate surface area is 92.0 Å². The highest BCUT2D eigenvalue weighted by molar-refractivity contribution is 5.82. The van der Waals surface area contributed by atoms with Gasteiger partial charge in [-0.25, -0.2) is 0 Å². The summed E-state index contributed by atoms with van der Waals surface area (Å²) in [6.07, 6.45) is 7.18. The molecular weight excluding hydrogens is 188 g/mol. The summed E-state index contributed by atoms with van der Waals surface area (Å²) in [5, 5.41) is 6.46. The van der Waals surface area contributed by atoms with Gasteiger partial charge in [-0.3, -0.25) is 4.79 Å². The number of nitrogens with one attached hydrogen (secondary N) is 2. The van der Waals surface area contributed by atoms with Crippen molar-refractivity contribution < 1.29 is 4.79 Å². The fraction of sp³-hybridized carbons (Fsp3) is 0.917. The van der Waals surface area contributed by atoms with Crippen molar-refractivity contribution in [2.45, 2.75) is 57.5 Å². The molecule has 1 saturated heterocycles. The molecule has 0 radical (unpaired) electrons. The largest absolute Gasteiger partial charge is 0.352 e. The molecule has 0 aromatic carbocycles. The standard InChI is InChI=1S/C12H22N2O/c1-9-5-2-3-6-10(9)14-12(15)11-7-4-8-13-11/h9-11,13H,2-8H2,1H3,(H,14,15). The summed E-state index contributed by atoms with van der Waals surface area (Å²) in [4.78, 5) is 11.9. The first kappa shape index (κ1) is 10.9. The maximum absolute atomic E-state index is 11.9. The number of hydrogen-bond acceptors (Lipinski definition) is 2. The molecule has 2 N–H and O–H groups in total. The van der Waals surface area contributed by atoms with Gasteiger partial charge < -0.3 is 10.6 Å². The Morgan fingerprint density at radius 3 is 2.67 bits per heavy atom. The fourth-order valence-electron chi connectivity index (χ4n) is 2.72. The van der Waals surface area contributed by atoms with Gasteiger partial charge in [0.15, 0.2) is 0 Å². The van der Waals surface area contributed by atoms with Gasteiger partial charge in [0.25, 0.3) is 0 Å². The van der Waals surface area contributed by atoms with Crippen LogP contribution in [0.4, 0.5) is 0 Å². The molecule has 0 spiro atoms. The van der Waals surface area contributed by atoms with E-state index >= 15 is 0 Å². The zero-order valence-corrected chi connectivity index (χ0v) is 9.59. The van der Waals surface area contributed by atoms with Crippen LogP contribution in [0.25, 0.3) is 0 Å². The molecule has 86 valence electrons. The molecule has 15 heavy (non-hydrogen) atoms. The van der Waals surface area contributed by atoms with E-state index in [1.807, 2.05) is 0 Å². The Morgan fingerprint density at radius 2 is 2.00 bits per heavy atom. The van der Waals surface area contributed by atoms with Gasteiger partial charge in [-0.05, 0) is 38.1 Å². The molecule has 0 aromatic heterocycles. The molecule has 2 rings (SSSR count). The van der Waals surface area contributed by atoms with Crippen LogP contribution in [0, 0.1) is 5.92 Å². The second kappa shape index (κ2) is 4.97. The first-order chi connectivity index (χ1) is 7.27. The molecule has 1 aliphatic carbocycles. The van der Waals surface area contributed by atoms with Crippen LogP contribution in [-0.2, 0) is 4.79 Å². The highest BCUT2D eigenvalue weighted by atomic mass is 16.2. The smallest absolute Gasteiger partial charge is 0.237 e. The maximum atomic E-state index is 11.9. The van der Waals surface area contributed by atoms with Gasteiger partial charge in [0.1, 0.15) is 0 Å². The van der Waals surface area contributed by atoms with Crippen molar-refractivity contribution in [3.05, 3.63) is 0 Å². The average molecular weight is 210 g/mol. The van der Waals surface area contributed by atoms with E-state index in [4.69, 9.17) is 0 Å². The van der Waals surface area contributed by atoms with Crippen molar-refractivity contribution in [2.75, 3.05) is 6.54 Å². The van der Waals surface area contributed by atoms with Crippen LogP contribution in [-0.4, -0.2) is 24.5 Å². The first-order valence-corrected chi connectivity index (χ1v) is 6.31. The highest BCUT2D eigenvalue weighted by Crippen LogP contribution is 2.23. The van der Waals surface area contributed by atoms with E-state index in [0.717, 1.165) is 19.4 Å². The van der Waals surface area contributed by atoms with Gasteiger partial charge in [0, 0.05) is 6.04 Å². The van der Waals surface area contributed by atoms with E-state index in [2.05, 4.69) is 17.6 Å². The van der Waals surface area contributed by atoms with E-state index in [0.29, 0.717) is 12.0 Å². The monoisotopic (exact) mass is 210 g/mol. The van der Waals surface area contributed by atoms with Gasteiger partial charge in [-0.15, -0.1) is 0 Å². The maximum Gasteiger partial charge on any atom is 0.237 e. The minimum Gasteiger partial charge on any atom is -0.352 e. The average Bonchev–Trinajstić information content (AvgIpc) is 2.74. The second-order valence-electron chi connectivity index (χ2n) is 5.03. The third-order valence-corrected chi connectivity index (χ3v) is 3.82. The molecule has 2 fully saturated rings. The SMILES string of the molecule is CC1CCCCC1NC(=O)C1CCCN1. The molecule has 1 heterocycles. The molecule has 1 amide bonds. The first-order valence-electron chi connectivity index (χ1n) is 6.31. The minimum absolute atomic E-state index is 0.0825. The third kappa shape index (κ3) is 2.71. The number of carbonyl (C=O) groups excluding carboxylic acids is 1. The summed E-state index contributed by atoms with van der Waals surface area (Å²) in [5.41, 5.74) is 0. The van der Waals surface area contributed by atoms with E-state index in [1.165, 1.54) is 25.7 Å². The normalized spacial score (nSPS) is 36.5. The molecule has 0 aromatic rings. The summed E-state index contributed by atoms with van der Waals surface area (Å²) in [6, 6.07) is 0.507. The summed E-state index contributed by atoms with van der Waals surface area (Å²) in [5.74, 6) is 0.885. The summed E-state index contributed by atoms with van der Waals surface area (Å²) in [6.45, 7) is 3.25. The zero-order valence-electron chi connectivity index (χ0n) is 9.59. The zero-order chi connectivity index (χ0) is 10.7. The Hall–Kier alpha value is -0.570. The predicted octanol–water partition coefficient (Wildman–Crippen LogP) is 1.43. The lowest BCUT2D eigenvalue weighted by atomic mass is 9.86. The van der Waals surface area contributed by atoms with Crippen LogP contribution in [0.1, 0.15) is 45.4 Å². The summed E-state index contributed by atoms with van der Waals surface area (Å²) in [7, 11) is 0. The second-order valence-corrected chi connectivity index (χ2v) is 5.03. The third-order valence-electron chi connectivity index (χ3n) is 3.82. The van der Waals surface area contributed by atoms with Crippen LogP contribution >= 0.6 is 0 Å². The predicted molar refractivity (Wildman–Crippen MR) is 60.6 cm³/mol. The fourth-order valence-corrected chi connectivity index (χ4v) is 2.72. The van der Waals surface area contributed by atoms with E-state index in [9.17, 15) is 4.79 Å². The van der Waals surface area contributed by atoms with Crippen LogP contribution in [0.2, 0.25) is 0 Å². The van der Waals surface area contributed by atoms with Crippen molar-refractivity contribution in [2.24, 2.45) is 5.92 Å². The van der Waals surface area contributed by atoms with Crippen molar-refractivity contribution in [1.82, 2.24) is 10.6 Å². The highest BCUT2D eigenvalue weighted by Gasteiger charge is 2.27. The van der Waals surface area contributed by atoms with Gasteiger partial charge in [0.2, 0.25) is 5.91 Å². The topological polar surface area (TPSA) is 41.1 Å². The Balaban J connectivity index is 1.81. The molecule has 0 bridgehead atoms. The van der Waals surface area contributed by atoms with Crippen molar-refractivity contribution in [3.63, 3.8) is 0 Å².